The van der Waals surface area contributed by atoms with E-state index in [1.807, 2.05) is 12.1 Å². The molecule has 20 heavy (non-hydrogen) atoms. The SMILES string of the molecule is C[C@@H](O)c1ccc(C#N)cc1N(C)C1CCCCCC1. The molecular formula is C17H24N2O. The maximum Gasteiger partial charge on any atom is 0.0992 e. The number of aliphatic hydroxyl groups is 1. The summed E-state index contributed by atoms with van der Waals surface area (Å²) < 4.78 is 0. The van der Waals surface area contributed by atoms with Gasteiger partial charge in [0.15, 0.2) is 0 Å². The van der Waals surface area contributed by atoms with Crippen LogP contribution in [0.2, 0.25) is 0 Å². The molecule has 1 saturated carbocycles. The highest BCUT2D eigenvalue weighted by atomic mass is 16.3. The fourth-order valence-electron chi connectivity index (χ4n) is 3.11. The smallest absolute Gasteiger partial charge is 0.0992 e. The number of anilines is 1. The molecule has 0 bridgehead atoms. The minimum absolute atomic E-state index is 0.508. The van der Waals surface area contributed by atoms with Crippen molar-refractivity contribution in [2.24, 2.45) is 0 Å². The molecule has 1 atom stereocenters. The Labute approximate surface area is 121 Å². The van der Waals surface area contributed by atoms with Crippen molar-refractivity contribution in [3.05, 3.63) is 29.3 Å². The van der Waals surface area contributed by atoms with Crippen molar-refractivity contribution in [1.29, 1.82) is 5.26 Å². The zero-order valence-corrected chi connectivity index (χ0v) is 12.5. The molecule has 1 aliphatic rings. The Kier molecular flexibility index (Phi) is 5.03. The summed E-state index contributed by atoms with van der Waals surface area (Å²) in [4.78, 5) is 2.27. The Bertz CT molecular complexity index is 482. The van der Waals surface area contributed by atoms with Crippen LogP contribution in [-0.4, -0.2) is 18.2 Å². The van der Waals surface area contributed by atoms with E-state index in [2.05, 4.69) is 18.0 Å². The van der Waals surface area contributed by atoms with Crippen LogP contribution in [0.4, 0.5) is 5.69 Å². The van der Waals surface area contributed by atoms with Crippen LogP contribution in [0.25, 0.3) is 0 Å². The van der Waals surface area contributed by atoms with Crippen molar-refractivity contribution in [3.63, 3.8) is 0 Å². The molecule has 0 saturated heterocycles. The number of aliphatic hydroxyl groups excluding tert-OH is 1. The van der Waals surface area contributed by atoms with Gasteiger partial charge in [-0.2, -0.15) is 5.26 Å². The number of benzene rings is 1. The largest absolute Gasteiger partial charge is 0.389 e. The van der Waals surface area contributed by atoms with Gasteiger partial charge in [0.1, 0.15) is 0 Å². The Morgan fingerprint density at radius 1 is 1.25 bits per heavy atom. The third-order valence-electron chi connectivity index (χ3n) is 4.36. The molecule has 1 aromatic rings. The summed E-state index contributed by atoms with van der Waals surface area (Å²) in [6.07, 6.45) is 7.09. The predicted molar refractivity (Wildman–Crippen MR) is 81.7 cm³/mol. The lowest BCUT2D eigenvalue weighted by Gasteiger charge is -2.31. The minimum atomic E-state index is -0.508. The van der Waals surface area contributed by atoms with E-state index in [-0.39, 0.29) is 0 Å². The van der Waals surface area contributed by atoms with E-state index in [1.165, 1.54) is 38.5 Å². The van der Waals surface area contributed by atoms with E-state index in [1.54, 1.807) is 13.0 Å². The van der Waals surface area contributed by atoms with Crippen molar-refractivity contribution < 1.29 is 5.11 Å². The average Bonchev–Trinajstić information content (AvgIpc) is 2.74. The molecule has 0 heterocycles. The van der Waals surface area contributed by atoms with E-state index >= 15 is 0 Å². The second-order valence-electron chi connectivity index (χ2n) is 5.82. The van der Waals surface area contributed by atoms with Crippen LogP contribution in [0.15, 0.2) is 18.2 Å². The fourth-order valence-corrected chi connectivity index (χ4v) is 3.11. The van der Waals surface area contributed by atoms with E-state index in [9.17, 15) is 5.11 Å². The highest BCUT2D eigenvalue weighted by Gasteiger charge is 2.21. The van der Waals surface area contributed by atoms with Gasteiger partial charge in [-0.25, -0.2) is 0 Å². The van der Waals surface area contributed by atoms with Crippen molar-refractivity contribution in [3.8, 4) is 6.07 Å². The number of rotatable bonds is 3. The third kappa shape index (κ3) is 3.32. The second-order valence-corrected chi connectivity index (χ2v) is 5.82. The summed E-state index contributed by atoms with van der Waals surface area (Å²) in [6, 6.07) is 8.29. The summed E-state index contributed by atoms with van der Waals surface area (Å²) in [5.74, 6) is 0. The number of hydrogen-bond acceptors (Lipinski definition) is 3. The predicted octanol–water partition coefficient (Wildman–Crippen LogP) is 3.77. The van der Waals surface area contributed by atoms with Crippen molar-refractivity contribution in [2.45, 2.75) is 57.6 Å². The Morgan fingerprint density at radius 3 is 2.45 bits per heavy atom. The van der Waals surface area contributed by atoms with Gasteiger partial charge in [-0.3, -0.25) is 0 Å². The highest BCUT2D eigenvalue weighted by molar-refractivity contribution is 5.58. The molecule has 1 fully saturated rings. The van der Waals surface area contributed by atoms with Crippen LogP contribution < -0.4 is 4.90 Å². The van der Waals surface area contributed by atoms with Crippen molar-refractivity contribution >= 4 is 5.69 Å². The first-order valence-electron chi connectivity index (χ1n) is 7.58. The van der Waals surface area contributed by atoms with Crippen LogP contribution in [0.1, 0.15) is 62.7 Å². The lowest BCUT2D eigenvalue weighted by molar-refractivity contribution is 0.199. The van der Waals surface area contributed by atoms with Crippen LogP contribution in [0.3, 0.4) is 0 Å². The van der Waals surface area contributed by atoms with E-state index in [0.717, 1.165) is 11.3 Å². The van der Waals surface area contributed by atoms with Gasteiger partial charge in [-0.05, 0) is 31.9 Å². The second kappa shape index (κ2) is 6.76. The van der Waals surface area contributed by atoms with Crippen LogP contribution in [-0.2, 0) is 0 Å². The molecule has 3 nitrogen and oxygen atoms in total. The molecule has 0 spiro atoms. The molecule has 1 N–H and O–H groups in total. The van der Waals surface area contributed by atoms with E-state index in [0.29, 0.717) is 11.6 Å². The Balaban J connectivity index is 2.31. The first kappa shape index (κ1) is 14.9. The van der Waals surface area contributed by atoms with Crippen LogP contribution in [0, 0.1) is 11.3 Å². The number of nitrogens with zero attached hydrogens (tertiary/aromatic N) is 2. The van der Waals surface area contributed by atoms with Gasteiger partial charge in [0.2, 0.25) is 0 Å². The molecule has 2 rings (SSSR count). The standard InChI is InChI=1S/C17H24N2O/c1-13(20)16-10-9-14(12-18)11-17(16)19(2)15-7-5-3-4-6-8-15/h9-11,13,15,20H,3-8H2,1-2H3/t13-/m1/s1. The lowest BCUT2D eigenvalue weighted by atomic mass is 10.0. The van der Waals surface area contributed by atoms with Gasteiger partial charge in [-0.1, -0.05) is 31.7 Å². The van der Waals surface area contributed by atoms with Crippen LogP contribution in [0.5, 0.6) is 0 Å². The molecule has 0 unspecified atom stereocenters. The van der Waals surface area contributed by atoms with Crippen molar-refractivity contribution in [2.75, 3.05) is 11.9 Å². The Morgan fingerprint density at radius 2 is 1.90 bits per heavy atom. The molecule has 1 aliphatic carbocycles. The average molecular weight is 272 g/mol. The summed E-state index contributed by atoms with van der Waals surface area (Å²) >= 11 is 0. The number of hydrogen-bond donors (Lipinski definition) is 1. The molecule has 0 aliphatic heterocycles. The lowest BCUT2D eigenvalue weighted by Crippen LogP contribution is -2.32. The Hall–Kier alpha value is -1.53. The van der Waals surface area contributed by atoms with E-state index < -0.39 is 6.10 Å². The molecule has 0 aromatic heterocycles. The van der Waals surface area contributed by atoms with Crippen LogP contribution >= 0.6 is 0 Å². The molecule has 0 amide bonds. The maximum atomic E-state index is 9.96. The first-order valence-corrected chi connectivity index (χ1v) is 7.58. The normalized spacial score (nSPS) is 18.1. The molecule has 3 heteroatoms. The summed E-state index contributed by atoms with van der Waals surface area (Å²) in [5, 5.41) is 19.1. The van der Waals surface area contributed by atoms with Gasteiger partial charge < -0.3 is 10.0 Å². The first-order chi connectivity index (χ1) is 9.63. The molecule has 0 radical (unpaired) electrons. The highest BCUT2D eigenvalue weighted by Crippen LogP contribution is 2.31. The van der Waals surface area contributed by atoms with Gasteiger partial charge in [-0.15, -0.1) is 0 Å². The quantitative estimate of drug-likeness (QED) is 0.852. The minimum Gasteiger partial charge on any atom is -0.389 e. The van der Waals surface area contributed by atoms with Gasteiger partial charge in [0.25, 0.3) is 0 Å². The van der Waals surface area contributed by atoms with Crippen molar-refractivity contribution in [1.82, 2.24) is 0 Å². The summed E-state index contributed by atoms with van der Waals surface area (Å²) in [5.41, 5.74) is 2.58. The van der Waals surface area contributed by atoms with Gasteiger partial charge in [0.05, 0.1) is 17.7 Å². The molecular weight excluding hydrogens is 248 g/mol. The topological polar surface area (TPSA) is 47.3 Å². The fraction of sp³-hybridized carbons (Fsp3) is 0.588. The molecule has 1 aromatic carbocycles. The maximum absolute atomic E-state index is 9.96. The third-order valence-corrected chi connectivity index (χ3v) is 4.36. The van der Waals surface area contributed by atoms with E-state index in [4.69, 9.17) is 5.26 Å². The van der Waals surface area contributed by atoms with Gasteiger partial charge >= 0.3 is 0 Å². The molecule has 108 valence electrons. The summed E-state index contributed by atoms with van der Waals surface area (Å²) in [7, 11) is 2.10. The van der Waals surface area contributed by atoms with Gasteiger partial charge in [0, 0.05) is 24.3 Å². The zero-order valence-electron chi connectivity index (χ0n) is 12.5. The monoisotopic (exact) mass is 272 g/mol. The zero-order chi connectivity index (χ0) is 14.5. The summed E-state index contributed by atoms with van der Waals surface area (Å²) in [6.45, 7) is 1.78. The number of nitriles is 1.